The second-order valence-electron chi connectivity index (χ2n) is 6.68. The van der Waals surface area contributed by atoms with Crippen LogP contribution in [0.2, 0.25) is 0 Å². The second kappa shape index (κ2) is 7.62. The molecule has 1 aliphatic heterocycles. The Labute approximate surface area is 169 Å². The first-order valence-electron chi connectivity index (χ1n) is 10.9. The molecule has 8 heteroatoms. The highest BCUT2D eigenvalue weighted by Crippen LogP contribution is 2.33. The first kappa shape index (κ1) is 14.7. The molecule has 150 valence electrons. The Balaban J connectivity index is 1.80. The van der Waals surface area contributed by atoms with E-state index in [0.717, 1.165) is 6.07 Å². The number of aromatic amines is 1. The average molecular weight is 405 g/mol. The zero-order chi connectivity index (χ0) is 24.0. The minimum Gasteiger partial charge on any atom is -0.354 e. The van der Waals surface area contributed by atoms with Crippen molar-refractivity contribution in [3.63, 3.8) is 0 Å². The van der Waals surface area contributed by atoms with E-state index in [9.17, 15) is 22.8 Å². The lowest BCUT2D eigenvalue weighted by Crippen LogP contribution is -2.40. The summed E-state index contributed by atoms with van der Waals surface area (Å²) in [5, 5.41) is 5.22. The van der Waals surface area contributed by atoms with Crippen LogP contribution < -0.4 is 10.6 Å². The Morgan fingerprint density at radius 3 is 2.62 bits per heavy atom. The summed E-state index contributed by atoms with van der Waals surface area (Å²) < 4.78 is 74.2. The number of rotatable bonds is 5. The van der Waals surface area contributed by atoms with Gasteiger partial charge in [0.05, 0.1) is 11.0 Å². The first-order valence-corrected chi connectivity index (χ1v) is 8.93. The van der Waals surface area contributed by atoms with Gasteiger partial charge in [-0.3, -0.25) is 9.59 Å². The van der Waals surface area contributed by atoms with Gasteiger partial charge in [0.2, 0.25) is 11.8 Å². The van der Waals surface area contributed by atoms with Crippen LogP contribution in [0.4, 0.5) is 13.2 Å². The van der Waals surface area contributed by atoms with E-state index in [1.165, 1.54) is 0 Å². The third-order valence-corrected chi connectivity index (χ3v) is 4.76. The maximum atomic E-state index is 14.5. The zero-order valence-corrected chi connectivity index (χ0v) is 15.0. The number of carbonyl (C=O) groups excluding carboxylic acids is 2. The lowest BCUT2D eigenvalue weighted by Gasteiger charge is -2.10. The number of H-pyrrole nitrogens is 1. The van der Waals surface area contributed by atoms with Gasteiger partial charge in [0, 0.05) is 30.1 Å². The number of hydrogen-bond acceptors (Lipinski definition) is 2. The van der Waals surface area contributed by atoms with E-state index in [1.54, 1.807) is 0 Å². The van der Waals surface area contributed by atoms with Crippen LogP contribution in [0.3, 0.4) is 0 Å². The van der Waals surface area contributed by atoms with E-state index in [1.807, 2.05) is 0 Å². The van der Waals surface area contributed by atoms with Crippen molar-refractivity contribution in [2.24, 2.45) is 0 Å². The van der Waals surface area contributed by atoms with Crippen molar-refractivity contribution in [1.29, 1.82) is 0 Å². The molecule has 5 nitrogen and oxygen atoms in total. The summed E-state index contributed by atoms with van der Waals surface area (Å²) in [4.78, 5) is 26.8. The maximum Gasteiger partial charge on any atom is 0.242 e. The number of aromatic nitrogens is 1. The number of hydrogen-bond donors (Lipinski definition) is 3. The minimum atomic E-state index is -1.34. The molecule has 1 fully saturated rings. The molecule has 0 spiro atoms. The van der Waals surface area contributed by atoms with Gasteiger partial charge in [-0.15, -0.1) is 0 Å². The molecule has 2 aromatic carbocycles. The Morgan fingerprint density at radius 1 is 1.17 bits per heavy atom. The molecule has 0 aliphatic carbocycles. The number of halogens is 3. The van der Waals surface area contributed by atoms with Crippen LogP contribution in [0.5, 0.6) is 0 Å². The van der Waals surface area contributed by atoms with Gasteiger partial charge >= 0.3 is 0 Å². The van der Waals surface area contributed by atoms with Crippen LogP contribution >= 0.6 is 0 Å². The molecule has 0 radical (unpaired) electrons. The molecule has 3 N–H and O–H groups in total. The van der Waals surface area contributed by atoms with Gasteiger partial charge in [-0.1, -0.05) is 0 Å². The fourth-order valence-electron chi connectivity index (χ4n) is 3.41. The molecule has 4 rings (SSSR count). The van der Waals surface area contributed by atoms with Gasteiger partial charge in [0.1, 0.15) is 23.5 Å². The lowest BCUT2D eigenvalue weighted by atomic mass is 10.0. The number of fused-ring (bicyclic) bond motifs is 1. The highest BCUT2D eigenvalue weighted by Gasteiger charge is 2.26. The fraction of sp³-hybridized carbons (Fsp3) is 0.238. The van der Waals surface area contributed by atoms with E-state index >= 15 is 0 Å². The quantitative estimate of drug-likeness (QED) is 0.610. The Hall–Kier alpha value is -3.29. The summed E-state index contributed by atoms with van der Waals surface area (Å²) >= 11 is 0. The number of carbonyl (C=O) groups is 2. The number of amides is 2. The summed E-state index contributed by atoms with van der Waals surface area (Å²) in [6, 6.07) is -2.24. The van der Waals surface area contributed by atoms with E-state index in [2.05, 4.69) is 15.6 Å². The minimum absolute atomic E-state index is 0.0510. The van der Waals surface area contributed by atoms with Crippen molar-refractivity contribution in [2.45, 2.75) is 25.3 Å². The van der Waals surface area contributed by atoms with Crippen LogP contribution in [-0.2, 0) is 16.0 Å². The van der Waals surface area contributed by atoms with Gasteiger partial charge in [-0.2, -0.15) is 0 Å². The molecule has 3 aromatic rings. The fourth-order valence-corrected chi connectivity index (χ4v) is 3.41. The van der Waals surface area contributed by atoms with Crippen molar-refractivity contribution in [3.8, 4) is 11.3 Å². The van der Waals surface area contributed by atoms with E-state index in [0.29, 0.717) is 19.0 Å². The standard InChI is InChI=1S/C21H18F3N3O2/c22-12-3-1-11(2-4-12)19-14(15-9-13(23)10-16(24)20(15)27-19)5-6-18(28)26-17-7-8-25-21(17)29/h1-4,9-10,17,27H,5-8H2,(H,25,29)(H,26,28)/t17-/m0/s1/i1D,2D,3D,4D. The predicted octanol–water partition coefficient (Wildman–Crippen LogP) is 3.19. The lowest BCUT2D eigenvalue weighted by molar-refractivity contribution is -0.127. The summed E-state index contributed by atoms with van der Waals surface area (Å²) in [6.45, 7) is 0.433. The van der Waals surface area contributed by atoms with Gasteiger partial charge in [0.25, 0.3) is 0 Å². The molecule has 1 atom stereocenters. The third kappa shape index (κ3) is 3.83. The topological polar surface area (TPSA) is 74.0 Å². The number of nitrogens with one attached hydrogen (secondary N) is 3. The normalized spacial score (nSPS) is 18.2. The van der Waals surface area contributed by atoms with E-state index < -0.39 is 53.6 Å². The number of aryl methyl sites for hydroxylation is 1. The summed E-state index contributed by atoms with van der Waals surface area (Å²) in [7, 11) is 0. The summed E-state index contributed by atoms with van der Waals surface area (Å²) in [5.74, 6) is -3.99. The molecule has 0 bridgehead atoms. The van der Waals surface area contributed by atoms with Crippen molar-refractivity contribution < 1.29 is 28.2 Å². The zero-order valence-electron chi connectivity index (χ0n) is 19.0. The van der Waals surface area contributed by atoms with Crippen LogP contribution in [0.25, 0.3) is 22.2 Å². The molecular formula is C21H18F3N3O2. The van der Waals surface area contributed by atoms with Gasteiger partial charge in [0.15, 0.2) is 0 Å². The highest BCUT2D eigenvalue weighted by molar-refractivity contribution is 5.92. The van der Waals surface area contributed by atoms with E-state index in [4.69, 9.17) is 5.48 Å². The maximum absolute atomic E-state index is 14.5. The smallest absolute Gasteiger partial charge is 0.242 e. The van der Waals surface area contributed by atoms with Crippen LogP contribution in [0.1, 0.15) is 23.9 Å². The van der Waals surface area contributed by atoms with Crippen LogP contribution in [-0.4, -0.2) is 29.4 Å². The molecule has 29 heavy (non-hydrogen) atoms. The summed E-state index contributed by atoms with van der Waals surface area (Å²) in [6.07, 6.45) is 0.137. The second-order valence-corrected chi connectivity index (χ2v) is 6.68. The predicted molar refractivity (Wildman–Crippen MR) is 101 cm³/mol. The van der Waals surface area contributed by atoms with E-state index in [-0.39, 0.29) is 46.5 Å². The monoisotopic (exact) mass is 405 g/mol. The largest absolute Gasteiger partial charge is 0.354 e. The highest BCUT2D eigenvalue weighted by atomic mass is 19.1. The third-order valence-electron chi connectivity index (χ3n) is 4.76. The van der Waals surface area contributed by atoms with Gasteiger partial charge < -0.3 is 15.6 Å². The Kier molecular flexibility index (Phi) is 3.85. The van der Waals surface area contributed by atoms with Crippen molar-refractivity contribution in [1.82, 2.24) is 15.6 Å². The molecule has 1 aromatic heterocycles. The van der Waals surface area contributed by atoms with Crippen molar-refractivity contribution >= 4 is 22.7 Å². The van der Waals surface area contributed by atoms with Gasteiger partial charge in [-0.05, 0) is 54.2 Å². The molecule has 1 aliphatic rings. The molecule has 2 heterocycles. The SMILES string of the molecule is [2H]c1c([2H])c(-c2[nH]c3c(F)cc(F)cc3c2CCC(=O)N[C@H]2CCNC2=O)c([2H])c([2H])c1F. The van der Waals surface area contributed by atoms with Crippen LogP contribution in [0, 0.1) is 17.5 Å². The molecular weight excluding hydrogens is 383 g/mol. The van der Waals surface area contributed by atoms with Crippen molar-refractivity contribution in [2.75, 3.05) is 6.54 Å². The Morgan fingerprint density at radius 2 is 1.93 bits per heavy atom. The number of benzene rings is 2. The molecule has 0 unspecified atom stereocenters. The molecule has 2 amide bonds. The van der Waals surface area contributed by atoms with Crippen molar-refractivity contribution in [3.05, 3.63) is 59.3 Å². The first-order chi connectivity index (χ1) is 15.6. The molecule has 1 saturated heterocycles. The molecule has 0 saturated carbocycles. The summed E-state index contributed by atoms with van der Waals surface area (Å²) in [5.41, 5.74) is -0.383. The Bertz CT molecular complexity index is 1280. The van der Waals surface area contributed by atoms with Crippen LogP contribution in [0.15, 0.2) is 36.3 Å². The van der Waals surface area contributed by atoms with Gasteiger partial charge in [-0.25, -0.2) is 13.2 Å². The average Bonchev–Trinajstić information content (AvgIpc) is 3.33.